The lowest BCUT2D eigenvalue weighted by Crippen LogP contribution is -2.40. The fourth-order valence-electron chi connectivity index (χ4n) is 3.58. The smallest absolute Gasteiger partial charge is 0.338 e. The van der Waals surface area contributed by atoms with E-state index in [0.29, 0.717) is 17.9 Å². The number of urea groups is 1. The molecule has 1 saturated heterocycles. The van der Waals surface area contributed by atoms with Crippen LogP contribution < -0.4 is 5.32 Å². The first-order chi connectivity index (χ1) is 12.2. The minimum atomic E-state index is -0.288. The van der Waals surface area contributed by atoms with Crippen molar-refractivity contribution < 1.29 is 19.1 Å². The molecule has 2 aliphatic rings. The van der Waals surface area contributed by atoms with Gasteiger partial charge in [0.15, 0.2) is 0 Å². The van der Waals surface area contributed by atoms with Crippen LogP contribution in [0.1, 0.15) is 48.9 Å². The predicted octanol–water partition coefficient (Wildman–Crippen LogP) is 3.43. The minimum Gasteiger partial charge on any atom is -0.459 e. The number of methoxy groups -OCH3 is 1. The number of rotatable bonds is 5. The number of likely N-dealkylation sites (tertiary alicyclic amines) is 1. The highest BCUT2D eigenvalue weighted by atomic mass is 16.5. The molecule has 3 rings (SSSR count). The van der Waals surface area contributed by atoms with E-state index in [2.05, 4.69) is 5.32 Å². The molecular weight excluding hydrogens is 320 g/mol. The van der Waals surface area contributed by atoms with Crippen molar-refractivity contribution in [1.29, 1.82) is 0 Å². The predicted molar refractivity (Wildman–Crippen MR) is 94.7 cm³/mol. The van der Waals surface area contributed by atoms with Crippen LogP contribution in [0.25, 0.3) is 0 Å². The van der Waals surface area contributed by atoms with Crippen LogP contribution in [-0.2, 0) is 9.47 Å². The Hall–Kier alpha value is -2.08. The number of nitrogens with zero attached hydrogens (tertiary/aromatic N) is 1. The molecule has 1 aliphatic carbocycles. The molecule has 0 bridgehead atoms. The van der Waals surface area contributed by atoms with Crippen molar-refractivity contribution in [3.63, 3.8) is 0 Å². The topological polar surface area (TPSA) is 67.9 Å². The Kier molecular flexibility index (Phi) is 5.91. The summed E-state index contributed by atoms with van der Waals surface area (Å²) in [5.74, 6) is -0.288. The van der Waals surface area contributed by atoms with Crippen LogP contribution in [0.3, 0.4) is 0 Å². The Balaban J connectivity index is 1.55. The second kappa shape index (κ2) is 8.34. The molecule has 1 heterocycles. The molecule has 2 amide bonds. The van der Waals surface area contributed by atoms with Gasteiger partial charge in [-0.15, -0.1) is 0 Å². The fraction of sp³-hybridized carbons (Fsp3) is 0.579. The van der Waals surface area contributed by atoms with Crippen LogP contribution in [0, 0.1) is 0 Å². The monoisotopic (exact) mass is 346 g/mol. The SMILES string of the molecule is COC[C@@H]1CCCN1C(=O)Nc1ccc(C(=O)OC2CCCC2)cc1. The number of benzene rings is 1. The number of carbonyl (C=O) groups excluding carboxylic acids is 2. The lowest BCUT2D eigenvalue weighted by Gasteiger charge is -2.24. The number of esters is 1. The van der Waals surface area contributed by atoms with Gasteiger partial charge >= 0.3 is 12.0 Å². The summed E-state index contributed by atoms with van der Waals surface area (Å²) in [5, 5.41) is 2.89. The third-order valence-electron chi connectivity index (χ3n) is 4.94. The molecule has 1 aliphatic heterocycles. The normalized spacial score (nSPS) is 20.7. The van der Waals surface area contributed by atoms with E-state index in [1.165, 1.54) is 0 Å². The lowest BCUT2D eigenvalue weighted by molar-refractivity contribution is 0.0318. The molecule has 1 aromatic rings. The highest BCUT2D eigenvalue weighted by Crippen LogP contribution is 2.23. The Morgan fingerprint density at radius 1 is 1.12 bits per heavy atom. The second-order valence-corrected chi connectivity index (χ2v) is 6.76. The molecule has 0 radical (unpaired) electrons. The number of nitrogens with one attached hydrogen (secondary N) is 1. The molecule has 25 heavy (non-hydrogen) atoms. The third kappa shape index (κ3) is 4.51. The standard InChI is InChI=1S/C19H26N2O4/c1-24-13-16-5-4-12-21(16)19(23)20-15-10-8-14(9-11-15)18(22)25-17-6-2-3-7-17/h8-11,16-17H,2-7,12-13H2,1H3,(H,20,23)/t16-/m0/s1. The van der Waals surface area contributed by atoms with Crippen molar-refractivity contribution in [1.82, 2.24) is 4.90 Å². The zero-order chi connectivity index (χ0) is 17.6. The molecule has 1 saturated carbocycles. The third-order valence-corrected chi connectivity index (χ3v) is 4.94. The molecule has 6 nitrogen and oxygen atoms in total. The Labute approximate surface area is 148 Å². The average molecular weight is 346 g/mol. The van der Waals surface area contributed by atoms with E-state index >= 15 is 0 Å². The average Bonchev–Trinajstić information content (AvgIpc) is 3.27. The van der Waals surface area contributed by atoms with Gasteiger partial charge < -0.3 is 19.7 Å². The Bertz CT molecular complexity index is 596. The van der Waals surface area contributed by atoms with Crippen molar-refractivity contribution in [3.05, 3.63) is 29.8 Å². The molecule has 1 N–H and O–H groups in total. The van der Waals surface area contributed by atoms with Crippen LogP contribution in [-0.4, -0.2) is 49.3 Å². The molecular formula is C19H26N2O4. The first-order valence-electron chi connectivity index (χ1n) is 9.05. The van der Waals surface area contributed by atoms with E-state index in [-0.39, 0.29) is 24.1 Å². The molecule has 0 unspecified atom stereocenters. The van der Waals surface area contributed by atoms with E-state index in [0.717, 1.165) is 45.1 Å². The van der Waals surface area contributed by atoms with Crippen LogP contribution in [0.2, 0.25) is 0 Å². The zero-order valence-corrected chi connectivity index (χ0v) is 14.7. The van der Waals surface area contributed by atoms with E-state index in [9.17, 15) is 9.59 Å². The molecule has 1 aromatic carbocycles. The maximum atomic E-state index is 12.4. The van der Waals surface area contributed by atoms with Crippen molar-refractivity contribution in [2.45, 2.75) is 50.7 Å². The van der Waals surface area contributed by atoms with E-state index < -0.39 is 0 Å². The lowest BCUT2D eigenvalue weighted by atomic mass is 10.2. The van der Waals surface area contributed by atoms with E-state index in [1.807, 2.05) is 4.90 Å². The van der Waals surface area contributed by atoms with Crippen molar-refractivity contribution >= 4 is 17.7 Å². The molecule has 2 fully saturated rings. The number of amides is 2. The number of hydrogen-bond donors (Lipinski definition) is 1. The van der Waals surface area contributed by atoms with Gasteiger partial charge in [-0.05, 0) is 62.8 Å². The maximum Gasteiger partial charge on any atom is 0.338 e. The molecule has 0 aromatic heterocycles. The van der Waals surface area contributed by atoms with Crippen molar-refractivity contribution in [2.24, 2.45) is 0 Å². The summed E-state index contributed by atoms with van der Waals surface area (Å²) in [5.41, 5.74) is 1.19. The molecule has 1 atom stereocenters. The summed E-state index contributed by atoms with van der Waals surface area (Å²) >= 11 is 0. The maximum absolute atomic E-state index is 12.4. The Morgan fingerprint density at radius 3 is 2.52 bits per heavy atom. The number of hydrogen-bond acceptors (Lipinski definition) is 4. The van der Waals surface area contributed by atoms with Gasteiger partial charge in [0.05, 0.1) is 18.2 Å². The van der Waals surface area contributed by atoms with Crippen LogP contribution >= 0.6 is 0 Å². The zero-order valence-electron chi connectivity index (χ0n) is 14.7. The highest BCUT2D eigenvalue weighted by molar-refractivity contribution is 5.92. The van der Waals surface area contributed by atoms with Crippen LogP contribution in [0.15, 0.2) is 24.3 Å². The van der Waals surface area contributed by atoms with Gasteiger partial charge in [-0.2, -0.15) is 0 Å². The first kappa shape index (κ1) is 17.7. The molecule has 6 heteroatoms. The number of anilines is 1. The number of carbonyl (C=O) groups is 2. The summed E-state index contributed by atoms with van der Waals surface area (Å²) in [4.78, 5) is 26.4. The van der Waals surface area contributed by atoms with Crippen LogP contribution in [0.4, 0.5) is 10.5 Å². The van der Waals surface area contributed by atoms with Gasteiger partial charge in [-0.3, -0.25) is 0 Å². The fourth-order valence-corrected chi connectivity index (χ4v) is 3.58. The Morgan fingerprint density at radius 2 is 1.84 bits per heavy atom. The van der Waals surface area contributed by atoms with E-state index in [1.54, 1.807) is 31.4 Å². The van der Waals surface area contributed by atoms with Gasteiger partial charge in [0.1, 0.15) is 6.10 Å². The van der Waals surface area contributed by atoms with Gasteiger partial charge in [-0.25, -0.2) is 9.59 Å². The first-order valence-corrected chi connectivity index (χ1v) is 9.05. The summed E-state index contributed by atoms with van der Waals surface area (Å²) in [7, 11) is 1.65. The van der Waals surface area contributed by atoms with Gasteiger partial charge in [-0.1, -0.05) is 0 Å². The summed E-state index contributed by atoms with van der Waals surface area (Å²) in [6.07, 6.45) is 6.18. The van der Waals surface area contributed by atoms with Crippen molar-refractivity contribution in [2.75, 3.05) is 25.6 Å². The quantitative estimate of drug-likeness (QED) is 0.830. The van der Waals surface area contributed by atoms with Crippen LogP contribution in [0.5, 0.6) is 0 Å². The van der Waals surface area contributed by atoms with Gasteiger partial charge in [0, 0.05) is 19.3 Å². The minimum absolute atomic E-state index is 0.0553. The summed E-state index contributed by atoms with van der Waals surface area (Å²) in [6, 6.07) is 6.88. The second-order valence-electron chi connectivity index (χ2n) is 6.76. The van der Waals surface area contributed by atoms with Crippen molar-refractivity contribution in [3.8, 4) is 0 Å². The summed E-state index contributed by atoms with van der Waals surface area (Å²) < 4.78 is 10.7. The molecule has 136 valence electrons. The summed E-state index contributed by atoms with van der Waals surface area (Å²) in [6.45, 7) is 1.30. The largest absolute Gasteiger partial charge is 0.459 e. The van der Waals surface area contributed by atoms with E-state index in [4.69, 9.17) is 9.47 Å². The van der Waals surface area contributed by atoms with Gasteiger partial charge in [0.2, 0.25) is 0 Å². The molecule has 0 spiro atoms. The highest BCUT2D eigenvalue weighted by Gasteiger charge is 2.28. The number of ether oxygens (including phenoxy) is 2. The van der Waals surface area contributed by atoms with Gasteiger partial charge in [0.25, 0.3) is 0 Å².